The van der Waals surface area contributed by atoms with Gasteiger partial charge in [-0.25, -0.2) is 28.8 Å². The molecule has 20 rings (SSSR count). The Balaban J connectivity index is 0.000000155. The van der Waals surface area contributed by atoms with E-state index < -0.39 is 134 Å². The molecule has 6 atom stereocenters. The van der Waals surface area contributed by atoms with Crippen molar-refractivity contribution in [3.05, 3.63) is 72.9 Å². The summed E-state index contributed by atoms with van der Waals surface area (Å²) in [5.74, 6) is -9.77. The van der Waals surface area contributed by atoms with Crippen LogP contribution in [-0.2, 0) is 129 Å². The molecule has 0 aromatic heterocycles. The highest BCUT2D eigenvalue weighted by Gasteiger charge is 2.75. The summed E-state index contributed by atoms with van der Waals surface area (Å²) in [6.07, 6.45) is 32.3. The first-order valence-corrected chi connectivity index (χ1v) is 52.5. The monoisotopic (exact) mass is 2000 g/mol. The Hall–Kier alpha value is -8.65. The zero-order valence-electron chi connectivity index (χ0n) is 85.5. The van der Waals surface area contributed by atoms with Crippen LogP contribution in [0.2, 0.25) is 0 Å². The Kier molecular flexibility index (Phi) is 36.1. The average Bonchev–Trinajstić information content (AvgIpc) is 0.748. The van der Waals surface area contributed by atoms with E-state index in [-0.39, 0.29) is 117 Å². The maximum Gasteiger partial charge on any atom is 0.424 e. The highest BCUT2D eigenvalue weighted by molar-refractivity contribution is 5.91. The third kappa shape index (κ3) is 28.2. The molecule has 0 aromatic carbocycles. The molecular weight excluding hydrogens is 1850 g/mol. The van der Waals surface area contributed by atoms with Crippen molar-refractivity contribution in [3.8, 4) is 0 Å². The number of halogens is 4. The van der Waals surface area contributed by atoms with E-state index in [9.17, 15) is 85.0 Å². The molecular formula is C110H156F4O28. The number of ether oxygens (including phenoxy) is 14. The lowest BCUT2D eigenvalue weighted by Gasteiger charge is -2.64. The van der Waals surface area contributed by atoms with Crippen molar-refractivity contribution in [2.75, 3.05) is 13.2 Å². The number of alkyl halides is 4. The second-order valence-corrected chi connectivity index (χ2v) is 46.1. The van der Waals surface area contributed by atoms with Crippen LogP contribution < -0.4 is 0 Å². The lowest BCUT2D eigenvalue weighted by atomic mass is 9.51. The summed E-state index contributed by atoms with van der Waals surface area (Å²) in [7, 11) is 0. The predicted molar refractivity (Wildman–Crippen MR) is 509 cm³/mol. The van der Waals surface area contributed by atoms with E-state index in [1.807, 2.05) is 0 Å². The molecule has 20 aliphatic rings. The minimum absolute atomic E-state index is 0.0570. The summed E-state index contributed by atoms with van der Waals surface area (Å²) in [6.45, 7) is 35.6. The molecule has 1 N–H and O–H groups in total. The molecule has 6 unspecified atom stereocenters. The van der Waals surface area contributed by atoms with Crippen LogP contribution in [0.25, 0.3) is 0 Å². The van der Waals surface area contributed by atoms with Crippen molar-refractivity contribution in [1.29, 1.82) is 0 Å². The molecule has 19 aliphatic carbocycles. The molecule has 1 saturated heterocycles. The zero-order chi connectivity index (χ0) is 104. The molecule has 1 spiro atoms. The van der Waals surface area contributed by atoms with E-state index in [0.717, 1.165) is 193 Å². The predicted octanol–water partition coefficient (Wildman–Crippen LogP) is 20.7. The number of hydrogen-bond acceptors (Lipinski definition) is 28. The van der Waals surface area contributed by atoms with Gasteiger partial charge in [0.25, 0.3) is 0 Å². The minimum Gasteiger partial charge on any atom is -0.466 e. The summed E-state index contributed by atoms with van der Waals surface area (Å²) < 4.78 is 133. The molecule has 20 fully saturated rings. The van der Waals surface area contributed by atoms with Gasteiger partial charge in [-0.3, -0.25) is 38.3 Å². The summed E-state index contributed by atoms with van der Waals surface area (Å²) >= 11 is 0. The number of carbonyl (C=O) groups excluding carboxylic acids is 13. The molecule has 0 aromatic rings. The summed E-state index contributed by atoms with van der Waals surface area (Å²) in [4.78, 5) is 158. The number of rotatable bonds is 30. The lowest BCUT2D eigenvalue weighted by molar-refractivity contribution is -0.509. The van der Waals surface area contributed by atoms with E-state index in [4.69, 9.17) is 66.3 Å². The van der Waals surface area contributed by atoms with E-state index in [1.54, 1.807) is 62.3 Å². The molecule has 792 valence electrons. The smallest absolute Gasteiger partial charge is 0.424 e. The van der Waals surface area contributed by atoms with Gasteiger partial charge in [0.05, 0.1) is 56.8 Å². The number of aliphatic hydroxyl groups is 1. The van der Waals surface area contributed by atoms with Crippen LogP contribution in [0.3, 0.4) is 0 Å². The van der Waals surface area contributed by atoms with Crippen molar-refractivity contribution in [2.45, 2.75) is 476 Å². The number of hydrogen-bond donors (Lipinski definition) is 1. The minimum atomic E-state index is -4.62. The third-order valence-corrected chi connectivity index (χ3v) is 32.7. The van der Waals surface area contributed by atoms with Crippen molar-refractivity contribution >= 4 is 77.4 Å². The van der Waals surface area contributed by atoms with Crippen LogP contribution in [0.4, 0.5) is 17.6 Å². The highest BCUT2D eigenvalue weighted by atomic mass is 19.3. The summed E-state index contributed by atoms with van der Waals surface area (Å²) in [5.41, 5.74) is -4.86. The molecule has 12 bridgehead atoms. The Morgan fingerprint density at radius 1 is 0.366 bits per heavy atom. The standard InChI is InChI=1S/C24H30F4O6.C21H30O5.C21H28O5.C17H26O4.C14H22O4.C13H20O4/c1-14(2)19(30)33-20(5-3-4-6-20)12-18(29)32-21-9-15-7-16(10-21)23(17(8-15)11-21)31-13-22(25,26)24(27,28)34-23;1-14(2)18(23)26-20(5-3-4-6-20)12-17(22)25-21-10-15-7-16(11-21)9-19(24,8-15)13-21;1-13(2)19(24)26-20(5-3-4-6-20)12-17(22)25-21-9-14-7-15(10-21)18(23)16(8-14)11-21;1-13(2)16(19)21-17(10-6-7-11-17)12-15(18)20-14-8-4-3-5-9-14;1-10(2)13(16)18-14(7-5-6-8-14)9-12(15)17-11(3)4;1-4-16-11(14)9-13(7-5-6-8-13)17-12(15)10(2)3/h15-17H,1,3-13H2,2H3;15-16,24H,1,3-13H2,2H3;14-16H,1,3-12H2,2H3;14H,1,3-12H2,2H3;11H,1,5-9H2,2-4H3;2,4-9H2,1,3H3. The molecule has 1 heterocycles. The van der Waals surface area contributed by atoms with Gasteiger partial charge in [0, 0.05) is 63.5 Å². The molecule has 32 heteroatoms. The van der Waals surface area contributed by atoms with Gasteiger partial charge < -0.3 is 66.7 Å². The maximum atomic E-state index is 14.2. The fraction of sp³-hybridized carbons (Fsp3) is 0.773. The normalized spacial score (nSPS) is 31.3. The fourth-order valence-electron chi connectivity index (χ4n) is 27.1. The molecule has 28 nitrogen and oxygen atoms in total. The van der Waals surface area contributed by atoms with Crippen LogP contribution in [-0.4, -0.2) is 182 Å². The second kappa shape index (κ2) is 45.8. The van der Waals surface area contributed by atoms with Gasteiger partial charge in [0.1, 0.15) is 68.9 Å². The number of Topliss-reactive ketones (excluding diaryl/α,β-unsaturated/α-hetero) is 1. The molecule has 0 radical (unpaired) electrons. The first kappa shape index (κ1) is 112. The van der Waals surface area contributed by atoms with Crippen LogP contribution >= 0.6 is 0 Å². The zero-order valence-corrected chi connectivity index (χ0v) is 85.5. The first-order chi connectivity index (χ1) is 66.6. The maximum absolute atomic E-state index is 14.2. The molecule has 0 amide bonds. The topological polar surface area (TPSA) is 371 Å². The van der Waals surface area contributed by atoms with Crippen LogP contribution in [0.15, 0.2) is 72.9 Å². The first-order valence-electron chi connectivity index (χ1n) is 52.5. The Morgan fingerprint density at radius 2 is 0.669 bits per heavy atom. The van der Waals surface area contributed by atoms with E-state index >= 15 is 0 Å². The van der Waals surface area contributed by atoms with E-state index in [0.29, 0.717) is 135 Å². The second-order valence-electron chi connectivity index (χ2n) is 46.1. The van der Waals surface area contributed by atoms with Gasteiger partial charge in [-0.05, 0) is 362 Å². The Labute approximate surface area is 833 Å². The van der Waals surface area contributed by atoms with Crippen molar-refractivity contribution in [2.24, 2.45) is 47.3 Å². The largest absolute Gasteiger partial charge is 0.466 e. The van der Waals surface area contributed by atoms with Crippen molar-refractivity contribution < 1.29 is 151 Å². The SMILES string of the molecule is C=C(C)C(=O)OC1(CC(=O)OC(C)C)CCCC1.C=C(C)C(=O)OC1(CC(=O)OC23CC4CC(C2)C(=O)C(C4)C3)CCCC1.C=C(C)C(=O)OC1(CC(=O)OC23CC4CC(C2)C2(OCC(F)(F)C(F)(F)O2)C(C4)C3)CCCC1.C=C(C)C(=O)OC1(CC(=O)OC23CC4CC(CC(O)(C4)C2)C3)CCCC1.C=C(C)C(=O)OC1(CC(=O)OC2CCCCC2)CCCC1.C=C(C)C(=O)OC1(CC(=O)OCC)CCCC1. The quantitative estimate of drug-likeness (QED) is 0.0302. The van der Waals surface area contributed by atoms with Gasteiger partial charge in [0.15, 0.2) is 5.79 Å². The average molecular weight is 2000 g/mol. The van der Waals surface area contributed by atoms with Crippen LogP contribution in [0.5, 0.6) is 0 Å². The summed E-state index contributed by atoms with van der Waals surface area (Å²) in [5, 5.41) is 10.8. The van der Waals surface area contributed by atoms with E-state index in [1.165, 1.54) is 6.42 Å². The summed E-state index contributed by atoms with van der Waals surface area (Å²) in [6, 6.07) is 0. The van der Waals surface area contributed by atoms with Crippen molar-refractivity contribution in [1.82, 2.24) is 0 Å². The van der Waals surface area contributed by atoms with Crippen LogP contribution in [0, 0.1) is 47.3 Å². The Bertz CT molecular complexity index is 4650. The lowest BCUT2D eigenvalue weighted by Crippen LogP contribution is -2.72. The number of ketones is 1. The number of carbonyl (C=O) groups is 13. The third-order valence-electron chi connectivity index (χ3n) is 32.7. The van der Waals surface area contributed by atoms with Gasteiger partial charge >= 0.3 is 83.7 Å². The van der Waals surface area contributed by atoms with Gasteiger partial charge in [-0.2, -0.15) is 17.6 Å². The Morgan fingerprint density at radius 3 is 0.986 bits per heavy atom. The van der Waals surface area contributed by atoms with Gasteiger partial charge in [-0.15, -0.1) is 0 Å². The molecule has 142 heavy (non-hydrogen) atoms. The van der Waals surface area contributed by atoms with E-state index in [2.05, 4.69) is 39.5 Å². The van der Waals surface area contributed by atoms with Gasteiger partial charge in [-0.1, -0.05) is 45.9 Å². The van der Waals surface area contributed by atoms with Crippen LogP contribution in [0.1, 0.15) is 390 Å². The number of esters is 12. The highest BCUT2D eigenvalue weighted by Crippen LogP contribution is 2.67. The molecule has 1 aliphatic heterocycles. The molecule has 19 saturated carbocycles. The fourth-order valence-corrected chi connectivity index (χ4v) is 27.1. The van der Waals surface area contributed by atoms with Crippen molar-refractivity contribution in [3.63, 3.8) is 0 Å². The van der Waals surface area contributed by atoms with Gasteiger partial charge in [0.2, 0.25) is 0 Å².